The summed E-state index contributed by atoms with van der Waals surface area (Å²) in [6, 6.07) is 7.23. The topological polar surface area (TPSA) is 94.9 Å². The molecule has 1 aliphatic rings. The Morgan fingerprint density at radius 3 is 2.74 bits per heavy atom. The van der Waals surface area contributed by atoms with Crippen molar-refractivity contribution in [3.8, 4) is 6.07 Å². The molecular formula is C20H19FN4O2. The van der Waals surface area contributed by atoms with Crippen LogP contribution in [0.5, 0.6) is 0 Å². The van der Waals surface area contributed by atoms with Crippen LogP contribution in [-0.2, 0) is 0 Å². The number of urea groups is 1. The maximum absolute atomic E-state index is 14.3. The van der Waals surface area contributed by atoms with Crippen LogP contribution in [0.25, 0.3) is 0 Å². The summed E-state index contributed by atoms with van der Waals surface area (Å²) in [5.74, 6) is -0.219. The Morgan fingerprint density at radius 1 is 1.33 bits per heavy atom. The van der Waals surface area contributed by atoms with Crippen molar-refractivity contribution in [2.45, 2.75) is 38.6 Å². The summed E-state index contributed by atoms with van der Waals surface area (Å²) < 4.78 is 14.3. The predicted molar refractivity (Wildman–Crippen MR) is 98.0 cm³/mol. The summed E-state index contributed by atoms with van der Waals surface area (Å²) in [5.41, 5.74) is 2.07. The van der Waals surface area contributed by atoms with E-state index in [4.69, 9.17) is 5.26 Å². The molecule has 0 spiro atoms. The Balaban J connectivity index is 1.66. The Hall–Kier alpha value is -3.27. The molecule has 3 rings (SSSR count). The van der Waals surface area contributed by atoms with Crippen molar-refractivity contribution in [3.05, 3.63) is 58.5 Å². The molecule has 1 saturated carbocycles. The van der Waals surface area contributed by atoms with Gasteiger partial charge in [0.2, 0.25) is 0 Å². The molecule has 0 aliphatic heterocycles. The zero-order valence-electron chi connectivity index (χ0n) is 15.0. The first-order valence-corrected chi connectivity index (χ1v) is 8.70. The number of nitriles is 1. The third kappa shape index (κ3) is 3.95. The van der Waals surface area contributed by atoms with Gasteiger partial charge in [0.1, 0.15) is 17.7 Å². The number of aromatic nitrogens is 1. The number of halogens is 1. The van der Waals surface area contributed by atoms with Crippen LogP contribution in [0.2, 0.25) is 0 Å². The molecule has 1 aliphatic carbocycles. The van der Waals surface area contributed by atoms with E-state index in [1.807, 2.05) is 6.07 Å². The molecule has 2 amide bonds. The first kappa shape index (κ1) is 18.5. The lowest BCUT2D eigenvalue weighted by atomic mass is 9.95. The maximum Gasteiger partial charge on any atom is 0.320 e. The molecule has 0 bridgehead atoms. The molecule has 1 aromatic carbocycles. The van der Waals surface area contributed by atoms with Gasteiger partial charge >= 0.3 is 6.03 Å². The molecule has 7 heteroatoms. The largest absolute Gasteiger partial charge is 0.334 e. The lowest BCUT2D eigenvalue weighted by Gasteiger charge is -2.12. The zero-order valence-corrected chi connectivity index (χ0v) is 15.0. The average Bonchev–Trinajstić information content (AvgIpc) is 3.40. The number of amides is 2. The van der Waals surface area contributed by atoms with E-state index in [1.54, 1.807) is 19.9 Å². The number of pyridine rings is 1. The van der Waals surface area contributed by atoms with E-state index in [0.717, 1.165) is 0 Å². The Morgan fingerprint density at radius 2 is 2.11 bits per heavy atom. The first-order chi connectivity index (χ1) is 12.9. The van der Waals surface area contributed by atoms with Gasteiger partial charge in [0.25, 0.3) is 0 Å². The number of carbonyl (C=O) groups excluding carboxylic acids is 2. The third-order valence-electron chi connectivity index (χ3n) is 4.70. The summed E-state index contributed by atoms with van der Waals surface area (Å²) in [6.45, 7) is 3.52. The standard InChI is InChI=1S/C20H19FN4O2/c1-3-17(26)13-5-6-15(21)19(11(13)2)14-8-16(14)24-20(27)25-18-7-4-12(9-22)10-23-18/h4-7,10,14,16H,3,8H2,1-2H3,(H2,23,24,25,27). The van der Waals surface area contributed by atoms with Gasteiger partial charge in [0.15, 0.2) is 5.78 Å². The van der Waals surface area contributed by atoms with E-state index in [1.165, 1.54) is 24.4 Å². The molecule has 1 heterocycles. The number of anilines is 1. The third-order valence-corrected chi connectivity index (χ3v) is 4.70. The van der Waals surface area contributed by atoms with Gasteiger partial charge in [-0.05, 0) is 48.7 Å². The van der Waals surface area contributed by atoms with Gasteiger partial charge in [-0.3, -0.25) is 10.1 Å². The molecule has 6 nitrogen and oxygen atoms in total. The number of benzene rings is 1. The van der Waals surface area contributed by atoms with Crippen LogP contribution in [0.3, 0.4) is 0 Å². The van der Waals surface area contributed by atoms with Gasteiger partial charge < -0.3 is 5.32 Å². The summed E-state index contributed by atoms with van der Waals surface area (Å²) in [5, 5.41) is 14.1. The van der Waals surface area contributed by atoms with Gasteiger partial charge in [-0.1, -0.05) is 6.92 Å². The molecule has 1 fully saturated rings. The average molecular weight is 366 g/mol. The molecule has 27 heavy (non-hydrogen) atoms. The molecule has 2 unspecified atom stereocenters. The van der Waals surface area contributed by atoms with Crippen LogP contribution in [0, 0.1) is 24.1 Å². The van der Waals surface area contributed by atoms with Gasteiger partial charge in [-0.2, -0.15) is 5.26 Å². The molecule has 0 radical (unpaired) electrons. The Labute approximate surface area is 156 Å². The molecule has 2 aromatic rings. The number of hydrogen-bond donors (Lipinski definition) is 2. The van der Waals surface area contributed by atoms with Crippen molar-refractivity contribution < 1.29 is 14.0 Å². The molecule has 138 valence electrons. The van der Waals surface area contributed by atoms with Gasteiger partial charge in [0, 0.05) is 30.1 Å². The molecule has 2 N–H and O–H groups in total. The fourth-order valence-electron chi connectivity index (χ4n) is 3.17. The number of carbonyl (C=O) groups is 2. The van der Waals surface area contributed by atoms with E-state index in [0.29, 0.717) is 40.9 Å². The highest BCUT2D eigenvalue weighted by Gasteiger charge is 2.42. The fraction of sp³-hybridized carbons (Fsp3) is 0.300. The van der Waals surface area contributed by atoms with Gasteiger partial charge in [0.05, 0.1) is 5.56 Å². The molecule has 0 saturated heterocycles. The Kier molecular flexibility index (Phi) is 5.17. The van der Waals surface area contributed by atoms with E-state index in [2.05, 4.69) is 15.6 Å². The Bertz CT molecular complexity index is 934. The van der Waals surface area contributed by atoms with Crippen LogP contribution in [0.1, 0.15) is 52.7 Å². The second-order valence-electron chi connectivity index (χ2n) is 6.50. The number of ketones is 1. The van der Waals surface area contributed by atoms with E-state index in [9.17, 15) is 14.0 Å². The molecular weight excluding hydrogens is 347 g/mol. The summed E-state index contributed by atoms with van der Waals surface area (Å²) in [7, 11) is 0. The molecule has 2 atom stereocenters. The van der Waals surface area contributed by atoms with Crippen LogP contribution in [0.15, 0.2) is 30.5 Å². The minimum Gasteiger partial charge on any atom is -0.334 e. The van der Waals surface area contributed by atoms with Gasteiger partial charge in [-0.25, -0.2) is 14.2 Å². The van der Waals surface area contributed by atoms with Crippen LogP contribution >= 0.6 is 0 Å². The van der Waals surface area contributed by atoms with Crippen molar-refractivity contribution >= 4 is 17.6 Å². The summed E-state index contributed by atoms with van der Waals surface area (Å²) in [6.07, 6.45) is 2.33. The van der Waals surface area contributed by atoms with Crippen molar-refractivity contribution in [2.24, 2.45) is 0 Å². The van der Waals surface area contributed by atoms with Gasteiger partial charge in [-0.15, -0.1) is 0 Å². The van der Waals surface area contributed by atoms with Crippen LogP contribution < -0.4 is 10.6 Å². The number of hydrogen-bond acceptors (Lipinski definition) is 4. The van der Waals surface area contributed by atoms with Crippen LogP contribution in [0.4, 0.5) is 15.0 Å². The monoisotopic (exact) mass is 366 g/mol. The van der Waals surface area contributed by atoms with Crippen molar-refractivity contribution in [3.63, 3.8) is 0 Å². The SMILES string of the molecule is CCC(=O)c1ccc(F)c(C2CC2NC(=O)Nc2ccc(C#N)cn2)c1C. The number of rotatable bonds is 5. The fourth-order valence-corrected chi connectivity index (χ4v) is 3.17. The van der Waals surface area contributed by atoms with Crippen LogP contribution in [-0.4, -0.2) is 22.8 Å². The predicted octanol–water partition coefficient (Wildman–Crippen LogP) is 3.67. The normalized spacial score (nSPS) is 17.7. The minimum absolute atomic E-state index is 0.0245. The van der Waals surface area contributed by atoms with Crippen molar-refractivity contribution in [1.82, 2.24) is 10.3 Å². The quantitative estimate of drug-likeness (QED) is 0.789. The van der Waals surface area contributed by atoms with E-state index < -0.39 is 6.03 Å². The van der Waals surface area contributed by atoms with E-state index >= 15 is 0 Å². The van der Waals surface area contributed by atoms with Crippen molar-refractivity contribution in [2.75, 3.05) is 5.32 Å². The molecule has 1 aromatic heterocycles. The highest BCUT2D eigenvalue weighted by Crippen LogP contribution is 2.44. The highest BCUT2D eigenvalue weighted by molar-refractivity contribution is 5.97. The summed E-state index contributed by atoms with van der Waals surface area (Å²) >= 11 is 0. The lowest BCUT2D eigenvalue weighted by molar-refractivity contribution is 0.0987. The number of Topliss-reactive ketones (excluding diaryl/α,β-unsaturated/α-hetero) is 1. The summed E-state index contributed by atoms with van der Waals surface area (Å²) in [4.78, 5) is 28.1. The van der Waals surface area contributed by atoms with E-state index in [-0.39, 0.29) is 23.6 Å². The second-order valence-corrected chi connectivity index (χ2v) is 6.50. The second kappa shape index (κ2) is 7.54. The smallest absolute Gasteiger partial charge is 0.320 e. The maximum atomic E-state index is 14.3. The number of nitrogens with one attached hydrogen (secondary N) is 2. The lowest BCUT2D eigenvalue weighted by Crippen LogP contribution is -2.31. The minimum atomic E-state index is -0.446. The van der Waals surface area contributed by atoms with Crippen molar-refractivity contribution in [1.29, 1.82) is 5.26 Å². The zero-order chi connectivity index (χ0) is 19.6. The first-order valence-electron chi connectivity index (χ1n) is 8.70. The highest BCUT2D eigenvalue weighted by atomic mass is 19.1. The number of nitrogens with zero attached hydrogens (tertiary/aromatic N) is 2.